The minimum Gasteiger partial charge on any atom is -0.301 e. The van der Waals surface area contributed by atoms with E-state index >= 15 is 0 Å². The second kappa shape index (κ2) is 3.38. The van der Waals surface area contributed by atoms with E-state index in [4.69, 9.17) is 0 Å². The highest BCUT2D eigenvalue weighted by Crippen LogP contribution is 2.13. The van der Waals surface area contributed by atoms with Crippen LogP contribution in [0.5, 0.6) is 0 Å². The van der Waals surface area contributed by atoms with E-state index in [-0.39, 0.29) is 12.2 Å². The van der Waals surface area contributed by atoms with Crippen LogP contribution < -0.4 is 5.69 Å². The third kappa shape index (κ3) is 1.38. The second-order valence-corrected chi connectivity index (χ2v) is 3.61. The van der Waals surface area contributed by atoms with Crippen molar-refractivity contribution in [2.75, 3.05) is 0 Å². The van der Waals surface area contributed by atoms with Gasteiger partial charge >= 0.3 is 5.69 Å². The Morgan fingerprint density at radius 1 is 1.33 bits per heavy atom. The van der Waals surface area contributed by atoms with Crippen molar-refractivity contribution in [3.63, 3.8) is 0 Å². The molecule has 0 N–H and O–H groups in total. The number of benzene rings is 1. The fraction of sp³-hybridized carbons (Fsp3) is 0.273. The number of carbonyl (C=O) groups excluding carboxylic acids is 1. The molecule has 4 heteroatoms. The van der Waals surface area contributed by atoms with Crippen LogP contribution in [0.15, 0.2) is 23.0 Å². The van der Waals surface area contributed by atoms with Gasteiger partial charge in [-0.1, -0.05) is 6.07 Å². The number of aromatic nitrogens is 2. The monoisotopic (exact) mass is 204 g/mol. The minimum absolute atomic E-state index is 0.110. The van der Waals surface area contributed by atoms with Crippen LogP contribution in [0.25, 0.3) is 11.0 Å². The number of hydrogen-bond donors (Lipinski definition) is 0. The van der Waals surface area contributed by atoms with E-state index in [1.165, 1.54) is 4.57 Å². The lowest BCUT2D eigenvalue weighted by Gasteiger charge is -1.97. The molecule has 0 spiro atoms. The molecule has 2 rings (SSSR count). The number of aldehydes is 1. The molecular formula is C11H12N2O2. The molecule has 1 aromatic heterocycles. The van der Waals surface area contributed by atoms with Crippen LogP contribution in [0, 0.1) is 6.92 Å². The molecule has 0 aliphatic carbocycles. The van der Waals surface area contributed by atoms with Crippen molar-refractivity contribution >= 4 is 17.3 Å². The van der Waals surface area contributed by atoms with Gasteiger partial charge in [0.25, 0.3) is 0 Å². The number of hydrogen-bond acceptors (Lipinski definition) is 2. The fourth-order valence-corrected chi connectivity index (χ4v) is 1.77. The van der Waals surface area contributed by atoms with E-state index in [0.29, 0.717) is 0 Å². The first-order chi connectivity index (χ1) is 7.15. The summed E-state index contributed by atoms with van der Waals surface area (Å²) < 4.78 is 3.04. The minimum atomic E-state index is -0.150. The highest BCUT2D eigenvalue weighted by molar-refractivity contribution is 5.77. The maximum absolute atomic E-state index is 11.8. The highest BCUT2D eigenvalue weighted by atomic mass is 16.2. The molecule has 4 nitrogen and oxygen atoms in total. The number of carbonyl (C=O) groups is 1. The quantitative estimate of drug-likeness (QED) is 0.680. The first-order valence-corrected chi connectivity index (χ1v) is 4.74. The third-order valence-corrected chi connectivity index (χ3v) is 2.56. The Labute approximate surface area is 86.7 Å². The van der Waals surface area contributed by atoms with E-state index in [1.807, 2.05) is 25.1 Å². The van der Waals surface area contributed by atoms with Gasteiger partial charge in [-0.15, -0.1) is 0 Å². The van der Waals surface area contributed by atoms with Crippen molar-refractivity contribution in [1.29, 1.82) is 0 Å². The predicted molar refractivity (Wildman–Crippen MR) is 58.0 cm³/mol. The van der Waals surface area contributed by atoms with Gasteiger partial charge in [0.15, 0.2) is 0 Å². The van der Waals surface area contributed by atoms with Gasteiger partial charge in [0, 0.05) is 7.05 Å². The van der Waals surface area contributed by atoms with Crippen molar-refractivity contribution in [2.45, 2.75) is 13.5 Å². The van der Waals surface area contributed by atoms with Crippen LogP contribution in [0.2, 0.25) is 0 Å². The van der Waals surface area contributed by atoms with Gasteiger partial charge in [-0.25, -0.2) is 4.79 Å². The zero-order valence-corrected chi connectivity index (χ0v) is 8.73. The van der Waals surface area contributed by atoms with Crippen LogP contribution in [-0.4, -0.2) is 15.4 Å². The Morgan fingerprint density at radius 3 is 2.73 bits per heavy atom. The molecule has 0 radical (unpaired) electrons. The van der Waals surface area contributed by atoms with Gasteiger partial charge in [-0.3, -0.25) is 9.13 Å². The number of imidazole rings is 1. The molecule has 0 saturated heterocycles. The van der Waals surface area contributed by atoms with E-state index in [9.17, 15) is 9.59 Å². The Balaban J connectivity index is 2.87. The van der Waals surface area contributed by atoms with Crippen molar-refractivity contribution < 1.29 is 4.79 Å². The van der Waals surface area contributed by atoms with E-state index in [2.05, 4.69) is 0 Å². The first-order valence-electron chi connectivity index (χ1n) is 4.74. The summed E-state index contributed by atoms with van der Waals surface area (Å²) in [6.07, 6.45) is 0.737. The van der Waals surface area contributed by atoms with Crippen molar-refractivity contribution in [3.8, 4) is 0 Å². The summed E-state index contributed by atoms with van der Waals surface area (Å²) in [5.41, 5.74) is 2.62. The molecule has 2 aromatic rings. The molecule has 0 bridgehead atoms. The molecule has 78 valence electrons. The molecule has 15 heavy (non-hydrogen) atoms. The predicted octanol–water partition coefficient (Wildman–Crippen LogP) is 0.847. The lowest BCUT2D eigenvalue weighted by Crippen LogP contribution is -2.22. The Kier molecular flexibility index (Phi) is 2.19. The molecule has 0 aliphatic heterocycles. The molecule has 0 fully saturated rings. The van der Waals surface area contributed by atoms with Crippen molar-refractivity contribution in [2.24, 2.45) is 7.05 Å². The summed E-state index contributed by atoms with van der Waals surface area (Å²) in [5, 5.41) is 0. The molecule has 0 saturated carbocycles. The largest absolute Gasteiger partial charge is 0.329 e. The molecule has 0 atom stereocenters. The topological polar surface area (TPSA) is 44.0 Å². The van der Waals surface area contributed by atoms with E-state index in [1.54, 1.807) is 11.6 Å². The van der Waals surface area contributed by atoms with Crippen LogP contribution in [-0.2, 0) is 18.4 Å². The van der Waals surface area contributed by atoms with Crippen molar-refractivity contribution in [3.05, 3.63) is 34.2 Å². The van der Waals surface area contributed by atoms with Crippen LogP contribution >= 0.6 is 0 Å². The molecule has 0 unspecified atom stereocenters. The molecule has 0 amide bonds. The summed E-state index contributed by atoms with van der Waals surface area (Å²) in [6, 6.07) is 5.75. The van der Waals surface area contributed by atoms with Gasteiger partial charge < -0.3 is 4.79 Å². The van der Waals surface area contributed by atoms with Crippen LogP contribution in [0.1, 0.15) is 5.56 Å². The number of nitrogens with zero attached hydrogens (tertiary/aromatic N) is 2. The number of aryl methyl sites for hydroxylation is 2. The third-order valence-electron chi connectivity index (χ3n) is 2.56. The smallest absolute Gasteiger partial charge is 0.301 e. The van der Waals surface area contributed by atoms with E-state index in [0.717, 1.165) is 22.9 Å². The maximum atomic E-state index is 11.8. The summed E-state index contributed by atoms with van der Waals surface area (Å²) in [4.78, 5) is 22.2. The molecular weight excluding hydrogens is 192 g/mol. The summed E-state index contributed by atoms with van der Waals surface area (Å²) >= 11 is 0. The lowest BCUT2D eigenvalue weighted by atomic mass is 10.2. The maximum Gasteiger partial charge on any atom is 0.329 e. The standard InChI is InChI=1S/C11H12N2O2/c1-8-3-4-9-10(7-8)12(2)11(15)13(9)5-6-14/h3-4,6-7H,5H2,1-2H3. The summed E-state index contributed by atoms with van der Waals surface area (Å²) in [7, 11) is 1.71. The van der Waals surface area contributed by atoms with Crippen LogP contribution in [0.3, 0.4) is 0 Å². The molecule has 1 aromatic carbocycles. The Morgan fingerprint density at radius 2 is 2.07 bits per heavy atom. The Bertz CT molecular complexity index is 578. The number of fused-ring (bicyclic) bond motifs is 1. The van der Waals surface area contributed by atoms with Gasteiger partial charge in [0.05, 0.1) is 17.6 Å². The van der Waals surface area contributed by atoms with Crippen LogP contribution in [0.4, 0.5) is 0 Å². The Hall–Kier alpha value is -1.84. The van der Waals surface area contributed by atoms with Gasteiger partial charge in [-0.05, 0) is 24.6 Å². The zero-order valence-electron chi connectivity index (χ0n) is 8.73. The average Bonchev–Trinajstić information content (AvgIpc) is 2.44. The highest BCUT2D eigenvalue weighted by Gasteiger charge is 2.09. The lowest BCUT2D eigenvalue weighted by molar-refractivity contribution is -0.108. The molecule has 1 heterocycles. The van der Waals surface area contributed by atoms with Gasteiger partial charge in [-0.2, -0.15) is 0 Å². The normalized spacial score (nSPS) is 10.8. The zero-order chi connectivity index (χ0) is 11.0. The fourth-order valence-electron chi connectivity index (χ4n) is 1.77. The van der Waals surface area contributed by atoms with Crippen molar-refractivity contribution in [1.82, 2.24) is 9.13 Å². The SMILES string of the molecule is Cc1ccc2c(c1)n(C)c(=O)n2CC=O. The summed E-state index contributed by atoms with van der Waals surface area (Å²) in [6.45, 7) is 2.08. The summed E-state index contributed by atoms with van der Waals surface area (Å²) in [5.74, 6) is 0. The first kappa shape index (κ1) is 9.71. The second-order valence-electron chi connectivity index (χ2n) is 3.61. The van der Waals surface area contributed by atoms with Gasteiger partial charge in [0.2, 0.25) is 0 Å². The molecule has 0 aliphatic rings. The van der Waals surface area contributed by atoms with E-state index < -0.39 is 0 Å². The number of rotatable bonds is 2. The average molecular weight is 204 g/mol. The van der Waals surface area contributed by atoms with Gasteiger partial charge in [0.1, 0.15) is 6.29 Å².